The van der Waals surface area contributed by atoms with Crippen LogP contribution >= 0.6 is 11.3 Å². The number of carbonyl (C=O) groups is 1. The number of nitrogens with zero attached hydrogens (tertiary/aromatic N) is 1. The Kier molecular flexibility index (Phi) is 6.85. The van der Waals surface area contributed by atoms with Gasteiger partial charge in [0.05, 0.1) is 19.7 Å². The van der Waals surface area contributed by atoms with Crippen LogP contribution in [0.1, 0.15) is 27.6 Å². The number of benzene rings is 2. The summed E-state index contributed by atoms with van der Waals surface area (Å²) in [5.41, 5.74) is 3.34. The number of carbonyl (C=O) groups excluding carboxylic acids is 1. The quantitative estimate of drug-likeness (QED) is 0.616. The number of amides is 1. The molecule has 0 unspecified atom stereocenters. The van der Waals surface area contributed by atoms with Gasteiger partial charge in [-0.2, -0.15) is 0 Å². The first kappa shape index (κ1) is 20.1. The van der Waals surface area contributed by atoms with Crippen molar-refractivity contribution in [3.8, 4) is 5.75 Å². The van der Waals surface area contributed by atoms with Crippen LogP contribution in [0.15, 0.2) is 66.0 Å². The van der Waals surface area contributed by atoms with Crippen molar-refractivity contribution in [1.29, 1.82) is 0 Å². The highest BCUT2D eigenvalue weighted by atomic mass is 32.1. The molecule has 0 saturated heterocycles. The average Bonchev–Trinajstić information content (AvgIpc) is 3.21. The summed E-state index contributed by atoms with van der Waals surface area (Å²) < 4.78 is 5.45. The molecule has 0 aliphatic carbocycles. The molecular weight excluding hydrogens is 368 g/mol. The lowest BCUT2D eigenvalue weighted by molar-refractivity contribution is -0.122. The van der Waals surface area contributed by atoms with Gasteiger partial charge in [-0.3, -0.25) is 9.69 Å². The molecule has 2 aromatic carbocycles. The first-order chi connectivity index (χ1) is 13.6. The molecule has 3 rings (SSSR count). The summed E-state index contributed by atoms with van der Waals surface area (Å²) in [5.74, 6) is 0.843. The molecule has 4 nitrogen and oxygen atoms in total. The van der Waals surface area contributed by atoms with Gasteiger partial charge in [-0.25, -0.2) is 0 Å². The van der Waals surface area contributed by atoms with Crippen LogP contribution in [0.2, 0.25) is 0 Å². The minimum Gasteiger partial charge on any atom is -0.496 e. The van der Waals surface area contributed by atoms with Gasteiger partial charge in [0.25, 0.3) is 0 Å². The van der Waals surface area contributed by atoms with E-state index in [2.05, 4.69) is 24.4 Å². The molecule has 1 N–H and O–H groups in total. The van der Waals surface area contributed by atoms with Gasteiger partial charge >= 0.3 is 0 Å². The van der Waals surface area contributed by atoms with E-state index in [1.165, 1.54) is 5.56 Å². The minimum atomic E-state index is -0.129. The summed E-state index contributed by atoms with van der Waals surface area (Å²) in [6.45, 7) is 3.01. The lowest BCUT2D eigenvalue weighted by Crippen LogP contribution is -2.37. The minimum absolute atomic E-state index is 0.00336. The molecule has 0 aliphatic heterocycles. The zero-order valence-corrected chi connectivity index (χ0v) is 17.3. The van der Waals surface area contributed by atoms with Crippen LogP contribution < -0.4 is 10.1 Å². The predicted octanol–water partition coefficient (Wildman–Crippen LogP) is 4.40. The summed E-state index contributed by atoms with van der Waals surface area (Å²) in [5, 5.41) is 5.23. The third-order valence-electron chi connectivity index (χ3n) is 4.56. The fourth-order valence-electron chi connectivity index (χ4n) is 3.25. The SMILES string of the molecule is COc1ccc(C)cc1CN(C)CC(=O)N[C@H](c1ccccc1)c1cccs1. The second-order valence-electron chi connectivity index (χ2n) is 6.91. The number of thiophene rings is 1. The molecule has 1 atom stereocenters. The van der Waals surface area contributed by atoms with Crippen molar-refractivity contribution in [3.05, 3.63) is 87.6 Å². The van der Waals surface area contributed by atoms with Gasteiger partial charge in [0.2, 0.25) is 5.91 Å². The van der Waals surface area contributed by atoms with E-state index in [9.17, 15) is 4.79 Å². The number of likely N-dealkylation sites (N-methyl/N-ethyl adjacent to an activating group) is 1. The highest BCUT2D eigenvalue weighted by Gasteiger charge is 2.19. The molecule has 0 fully saturated rings. The first-order valence-corrected chi connectivity index (χ1v) is 10.1. The van der Waals surface area contributed by atoms with Gasteiger partial charge in [-0.15, -0.1) is 11.3 Å². The second-order valence-corrected chi connectivity index (χ2v) is 7.89. The van der Waals surface area contributed by atoms with E-state index in [0.29, 0.717) is 13.1 Å². The molecule has 1 aromatic heterocycles. The maximum Gasteiger partial charge on any atom is 0.234 e. The Hall–Kier alpha value is -2.63. The zero-order chi connectivity index (χ0) is 19.9. The van der Waals surface area contributed by atoms with Crippen molar-refractivity contribution in [1.82, 2.24) is 10.2 Å². The van der Waals surface area contributed by atoms with Crippen LogP contribution in [0, 0.1) is 6.92 Å². The number of methoxy groups -OCH3 is 1. The number of rotatable bonds is 8. The Morgan fingerprint density at radius 2 is 1.93 bits per heavy atom. The van der Waals surface area contributed by atoms with Gasteiger partial charge in [-0.05, 0) is 37.0 Å². The van der Waals surface area contributed by atoms with Gasteiger partial charge in [0.15, 0.2) is 0 Å². The lowest BCUT2D eigenvalue weighted by Gasteiger charge is -2.22. The number of nitrogens with one attached hydrogen (secondary N) is 1. The summed E-state index contributed by atoms with van der Waals surface area (Å²) in [7, 11) is 3.62. The molecule has 0 bridgehead atoms. The van der Waals surface area contributed by atoms with Crippen molar-refractivity contribution in [2.75, 3.05) is 20.7 Å². The van der Waals surface area contributed by atoms with Gasteiger partial charge in [0.1, 0.15) is 5.75 Å². The van der Waals surface area contributed by atoms with Crippen LogP contribution in [-0.2, 0) is 11.3 Å². The number of aryl methyl sites for hydroxylation is 1. The highest BCUT2D eigenvalue weighted by molar-refractivity contribution is 7.10. The molecule has 0 aliphatic rings. The molecule has 0 spiro atoms. The third kappa shape index (κ3) is 5.21. The van der Waals surface area contributed by atoms with Crippen LogP contribution in [0.4, 0.5) is 0 Å². The summed E-state index contributed by atoms with van der Waals surface area (Å²) in [4.78, 5) is 15.9. The van der Waals surface area contributed by atoms with Crippen molar-refractivity contribution in [3.63, 3.8) is 0 Å². The van der Waals surface area contributed by atoms with Gasteiger partial charge in [0, 0.05) is 17.0 Å². The third-order valence-corrected chi connectivity index (χ3v) is 5.49. The van der Waals surface area contributed by atoms with Crippen LogP contribution in [0.5, 0.6) is 5.75 Å². The zero-order valence-electron chi connectivity index (χ0n) is 16.5. The van der Waals surface area contributed by atoms with E-state index < -0.39 is 0 Å². The molecule has 1 heterocycles. The lowest BCUT2D eigenvalue weighted by atomic mass is 10.1. The Labute approximate surface area is 170 Å². The van der Waals surface area contributed by atoms with E-state index in [1.54, 1.807) is 18.4 Å². The number of hydrogen-bond acceptors (Lipinski definition) is 4. The Morgan fingerprint density at radius 3 is 2.61 bits per heavy atom. The van der Waals surface area contributed by atoms with Crippen LogP contribution in [0.25, 0.3) is 0 Å². The van der Waals surface area contributed by atoms with Crippen molar-refractivity contribution < 1.29 is 9.53 Å². The maximum absolute atomic E-state index is 12.8. The summed E-state index contributed by atoms with van der Waals surface area (Å²) in [6, 6.07) is 20.1. The fraction of sp³-hybridized carbons (Fsp3) is 0.261. The number of ether oxygens (including phenoxy) is 1. The standard InChI is InChI=1S/C23H26N2O2S/c1-17-11-12-20(27-3)19(14-17)15-25(2)16-22(26)24-23(21-10-7-13-28-21)18-8-5-4-6-9-18/h4-14,23H,15-16H2,1-3H3,(H,24,26)/t23-/m1/s1. The van der Waals surface area contributed by atoms with Crippen LogP contribution in [-0.4, -0.2) is 31.5 Å². The van der Waals surface area contributed by atoms with E-state index in [0.717, 1.165) is 21.8 Å². The predicted molar refractivity (Wildman–Crippen MR) is 115 cm³/mol. The fourth-order valence-corrected chi connectivity index (χ4v) is 4.05. The summed E-state index contributed by atoms with van der Waals surface area (Å²) in [6.07, 6.45) is 0. The molecule has 0 saturated carbocycles. The van der Waals surface area contributed by atoms with Gasteiger partial charge in [-0.1, -0.05) is 54.1 Å². The molecule has 28 heavy (non-hydrogen) atoms. The Balaban J connectivity index is 1.67. The normalized spacial score (nSPS) is 12.0. The van der Waals surface area contributed by atoms with E-state index in [1.807, 2.05) is 65.9 Å². The molecular formula is C23H26N2O2S. The largest absolute Gasteiger partial charge is 0.496 e. The molecule has 1 amide bonds. The van der Waals surface area contributed by atoms with Crippen molar-refractivity contribution in [2.24, 2.45) is 0 Å². The highest BCUT2D eigenvalue weighted by Crippen LogP contribution is 2.26. The molecule has 0 radical (unpaired) electrons. The Morgan fingerprint density at radius 1 is 1.14 bits per heavy atom. The number of hydrogen-bond donors (Lipinski definition) is 1. The monoisotopic (exact) mass is 394 g/mol. The molecule has 5 heteroatoms. The van der Waals surface area contributed by atoms with Crippen molar-refractivity contribution in [2.45, 2.75) is 19.5 Å². The van der Waals surface area contributed by atoms with E-state index in [4.69, 9.17) is 4.74 Å². The average molecular weight is 395 g/mol. The Bertz CT molecular complexity index is 894. The first-order valence-electron chi connectivity index (χ1n) is 9.26. The van der Waals surface area contributed by atoms with Crippen molar-refractivity contribution >= 4 is 17.2 Å². The van der Waals surface area contributed by atoms with Crippen LogP contribution in [0.3, 0.4) is 0 Å². The maximum atomic E-state index is 12.8. The van der Waals surface area contributed by atoms with Gasteiger partial charge < -0.3 is 10.1 Å². The topological polar surface area (TPSA) is 41.6 Å². The molecule has 3 aromatic rings. The van der Waals surface area contributed by atoms with E-state index >= 15 is 0 Å². The smallest absolute Gasteiger partial charge is 0.234 e. The summed E-state index contributed by atoms with van der Waals surface area (Å²) >= 11 is 1.65. The van der Waals surface area contributed by atoms with E-state index in [-0.39, 0.29) is 11.9 Å². The molecule has 146 valence electrons. The second kappa shape index (κ2) is 9.53.